The summed E-state index contributed by atoms with van der Waals surface area (Å²) in [4.78, 5) is 13.4. The Morgan fingerprint density at radius 3 is 2.61 bits per heavy atom. The molecule has 96 valence electrons. The fraction of sp³-hybridized carbons (Fsp3) is 0.357. The highest BCUT2D eigenvalue weighted by Gasteiger charge is 2.41. The number of nitrogens with zero attached hydrogens (tertiary/aromatic N) is 1. The molecule has 1 amide bonds. The molecule has 0 bridgehead atoms. The van der Waals surface area contributed by atoms with Gasteiger partial charge in [-0.05, 0) is 30.2 Å². The summed E-state index contributed by atoms with van der Waals surface area (Å²) in [5.74, 6) is -0.0649. The van der Waals surface area contributed by atoms with E-state index in [9.17, 15) is 9.90 Å². The lowest BCUT2D eigenvalue weighted by atomic mass is 9.91. The molecule has 1 aromatic rings. The van der Waals surface area contributed by atoms with Gasteiger partial charge in [0, 0.05) is 11.8 Å². The highest BCUT2D eigenvalue weighted by atomic mass is 16.3. The largest absolute Gasteiger partial charge is 0.399 e. The van der Waals surface area contributed by atoms with Crippen LogP contribution in [0.1, 0.15) is 18.9 Å². The number of nitrogen functional groups attached to an aromatic ring is 1. The zero-order valence-electron chi connectivity index (χ0n) is 10.5. The normalized spacial score (nSPS) is 17.8. The Morgan fingerprint density at radius 2 is 2.06 bits per heavy atom. The van der Waals surface area contributed by atoms with Crippen molar-refractivity contribution in [2.75, 3.05) is 18.8 Å². The number of likely N-dealkylation sites (tertiary alicyclic amines) is 1. The molecule has 4 nitrogen and oxygen atoms in total. The van der Waals surface area contributed by atoms with Crippen LogP contribution in [0.25, 0.3) is 6.08 Å². The Balaban J connectivity index is 1.91. The van der Waals surface area contributed by atoms with E-state index < -0.39 is 5.60 Å². The van der Waals surface area contributed by atoms with Crippen LogP contribution < -0.4 is 5.73 Å². The molecule has 1 aliphatic rings. The summed E-state index contributed by atoms with van der Waals surface area (Å²) < 4.78 is 0. The maximum Gasteiger partial charge on any atom is 0.246 e. The van der Waals surface area contributed by atoms with E-state index >= 15 is 0 Å². The summed E-state index contributed by atoms with van der Waals surface area (Å²) in [6, 6.07) is 7.31. The third kappa shape index (κ3) is 2.71. The molecule has 1 saturated heterocycles. The topological polar surface area (TPSA) is 66.6 Å². The van der Waals surface area contributed by atoms with Gasteiger partial charge in [0.05, 0.1) is 18.7 Å². The lowest BCUT2D eigenvalue weighted by molar-refractivity contribution is -0.150. The molecule has 0 aliphatic carbocycles. The van der Waals surface area contributed by atoms with Crippen molar-refractivity contribution in [2.24, 2.45) is 0 Å². The average molecular weight is 246 g/mol. The predicted octanol–water partition coefficient (Wildman–Crippen LogP) is 1.27. The molecule has 4 heteroatoms. The minimum atomic E-state index is -0.676. The quantitative estimate of drug-likeness (QED) is 0.623. The van der Waals surface area contributed by atoms with Crippen LogP contribution in [0.3, 0.4) is 0 Å². The summed E-state index contributed by atoms with van der Waals surface area (Å²) in [6.45, 7) is 2.77. The molecule has 1 aliphatic heterocycles. The number of hydrogen-bond donors (Lipinski definition) is 2. The Labute approximate surface area is 107 Å². The zero-order valence-corrected chi connectivity index (χ0v) is 10.5. The van der Waals surface area contributed by atoms with Gasteiger partial charge in [-0.1, -0.05) is 19.1 Å². The van der Waals surface area contributed by atoms with Crippen molar-refractivity contribution >= 4 is 17.7 Å². The van der Waals surface area contributed by atoms with Crippen molar-refractivity contribution in [1.82, 2.24) is 4.90 Å². The summed E-state index contributed by atoms with van der Waals surface area (Å²) in [6.07, 6.45) is 3.96. The van der Waals surface area contributed by atoms with E-state index in [1.54, 1.807) is 23.1 Å². The van der Waals surface area contributed by atoms with Crippen LogP contribution in [0.4, 0.5) is 5.69 Å². The highest BCUT2D eigenvalue weighted by Crippen LogP contribution is 2.24. The molecule has 0 unspecified atom stereocenters. The van der Waals surface area contributed by atoms with Crippen LogP contribution in [0.5, 0.6) is 0 Å². The fourth-order valence-electron chi connectivity index (χ4n) is 1.92. The van der Waals surface area contributed by atoms with Gasteiger partial charge in [0.2, 0.25) is 5.91 Å². The van der Waals surface area contributed by atoms with Crippen molar-refractivity contribution in [3.8, 4) is 0 Å². The number of anilines is 1. The second-order valence-corrected chi connectivity index (χ2v) is 4.77. The Kier molecular flexibility index (Phi) is 3.39. The Hall–Kier alpha value is -1.81. The molecule has 0 atom stereocenters. The third-order valence-electron chi connectivity index (χ3n) is 3.29. The van der Waals surface area contributed by atoms with E-state index in [0.717, 1.165) is 5.56 Å². The number of rotatable bonds is 3. The first-order valence-corrected chi connectivity index (χ1v) is 6.07. The smallest absolute Gasteiger partial charge is 0.246 e. The van der Waals surface area contributed by atoms with Crippen LogP contribution in [-0.2, 0) is 4.79 Å². The van der Waals surface area contributed by atoms with Gasteiger partial charge in [-0.3, -0.25) is 4.79 Å². The molecule has 1 heterocycles. The lowest BCUT2D eigenvalue weighted by Gasteiger charge is -2.45. The van der Waals surface area contributed by atoms with E-state index in [4.69, 9.17) is 5.73 Å². The number of amides is 1. The summed E-state index contributed by atoms with van der Waals surface area (Å²) in [5.41, 5.74) is 6.54. The number of carbonyl (C=O) groups is 1. The molecule has 3 N–H and O–H groups in total. The Bertz CT molecular complexity index is 459. The summed E-state index contributed by atoms with van der Waals surface area (Å²) in [7, 11) is 0. The van der Waals surface area contributed by atoms with Gasteiger partial charge in [0.25, 0.3) is 0 Å². The van der Waals surface area contributed by atoms with Crippen LogP contribution in [0.2, 0.25) is 0 Å². The SMILES string of the molecule is CCC1(O)CN(C(=O)/C=C/c2ccc(N)cc2)C1. The van der Waals surface area contributed by atoms with E-state index in [-0.39, 0.29) is 5.91 Å². The second-order valence-electron chi connectivity index (χ2n) is 4.77. The van der Waals surface area contributed by atoms with Crippen LogP contribution in [0, 0.1) is 0 Å². The minimum Gasteiger partial charge on any atom is -0.399 e. The molecular weight excluding hydrogens is 228 g/mol. The minimum absolute atomic E-state index is 0.0649. The fourth-order valence-corrected chi connectivity index (χ4v) is 1.92. The van der Waals surface area contributed by atoms with Gasteiger partial charge in [0.1, 0.15) is 0 Å². The number of benzene rings is 1. The molecule has 1 aromatic carbocycles. The third-order valence-corrected chi connectivity index (χ3v) is 3.29. The molecule has 0 radical (unpaired) electrons. The van der Waals surface area contributed by atoms with Gasteiger partial charge in [-0.2, -0.15) is 0 Å². The first kappa shape index (κ1) is 12.6. The van der Waals surface area contributed by atoms with Crippen LogP contribution in [0.15, 0.2) is 30.3 Å². The van der Waals surface area contributed by atoms with Gasteiger partial charge >= 0.3 is 0 Å². The number of β-amino-alcohol motifs (C(OH)–C–C–N with tert-alkyl or cyclic N) is 1. The lowest BCUT2D eigenvalue weighted by Crippen LogP contribution is -2.62. The monoisotopic (exact) mass is 246 g/mol. The predicted molar refractivity (Wildman–Crippen MR) is 71.7 cm³/mol. The molecule has 0 aromatic heterocycles. The number of nitrogens with two attached hydrogens (primary N) is 1. The van der Waals surface area contributed by atoms with Gasteiger partial charge in [-0.25, -0.2) is 0 Å². The van der Waals surface area contributed by atoms with Crippen molar-refractivity contribution < 1.29 is 9.90 Å². The number of aliphatic hydroxyl groups is 1. The van der Waals surface area contributed by atoms with E-state index in [2.05, 4.69) is 0 Å². The first-order valence-electron chi connectivity index (χ1n) is 6.07. The molecule has 0 spiro atoms. The first-order chi connectivity index (χ1) is 8.52. The Morgan fingerprint density at radius 1 is 1.44 bits per heavy atom. The summed E-state index contributed by atoms with van der Waals surface area (Å²) >= 11 is 0. The highest BCUT2D eigenvalue weighted by molar-refractivity contribution is 5.92. The second kappa shape index (κ2) is 4.82. The maximum atomic E-state index is 11.8. The van der Waals surface area contributed by atoms with Crippen molar-refractivity contribution in [2.45, 2.75) is 18.9 Å². The molecular formula is C14H18N2O2. The summed E-state index contributed by atoms with van der Waals surface area (Å²) in [5, 5.41) is 9.82. The van der Waals surface area contributed by atoms with E-state index in [1.807, 2.05) is 19.1 Å². The maximum absolute atomic E-state index is 11.8. The number of carbonyl (C=O) groups excluding carboxylic acids is 1. The van der Waals surface area contributed by atoms with Gasteiger partial charge < -0.3 is 15.7 Å². The standard InChI is InChI=1S/C14H18N2O2/c1-2-14(18)9-16(10-14)13(17)8-5-11-3-6-12(15)7-4-11/h3-8,18H,2,9-10,15H2,1H3/b8-5+. The van der Waals surface area contributed by atoms with Gasteiger partial charge in [-0.15, -0.1) is 0 Å². The average Bonchev–Trinajstić information content (AvgIpc) is 2.34. The van der Waals surface area contributed by atoms with E-state index in [0.29, 0.717) is 25.2 Å². The van der Waals surface area contributed by atoms with E-state index in [1.165, 1.54) is 6.08 Å². The van der Waals surface area contributed by atoms with Crippen LogP contribution >= 0.6 is 0 Å². The van der Waals surface area contributed by atoms with Gasteiger partial charge in [0.15, 0.2) is 0 Å². The van der Waals surface area contributed by atoms with Crippen molar-refractivity contribution in [1.29, 1.82) is 0 Å². The number of hydrogen-bond acceptors (Lipinski definition) is 3. The molecule has 2 rings (SSSR count). The van der Waals surface area contributed by atoms with Crippen molar-refractivity contribution in [3.05, 3.63) is 35.9 Å². The molecule has 0 saturated carbocycles. The zero-order chi connectivity index (χ0) is 13.2. The molecule has 1 fully saturated rings. The van der Waals surface area contributed by atoms with Crippen molar-refractivity contribution in [3.63, 3.8) is 0 Å². The van der Waals surface area contributed by atoms with Crippen LogP contribution in [-0.4, -0.2) is 34.6 Å². The molecule has 18 heavy (non-hydrogen) atoms.